The fourth-order valence-corrected chi connectivity index (χ4v) is 3.82. The molecule has 3 aromatic carbocycles. The second-order valence-corrected chi connectivity index (χ2v) is 7.26. The molecule has 0 amide bonds. The summed E-state index contributed by atoms with van der Waals surface area (Å²) in [4.78, 5) is 0. The van der Waals surface area contributed by atoms with Gasteiger partial charge in [0.25, 0.3) is 0 Å². The lowest BCUT2D eigenvalue weighted by Gasteiger charge is -2.36. The van der Waals surface area contributed by atoms with Crippen molar-refractivity contribution in [2.75, 3.05) is 0 Å². The van der Waals surface area contributed by atoms with Crippen LogP contribution in [-0.2, 0) is 5.41 Å². The Hall–Kier alpha value is -1.76. The zero-order chi connectivity index (χ0) is 17.7. The van der Waals surface area contributed by atoms with Crippen LogP contribution in [0.2, 0.25) is 10.0 Å². The number of benzene rings is 3. The van der Waals surface area contributed by atoms with Crippen molar-refractivity contribution in [2.45, 2.75) is 31.6 Å². The van der Waals surface area contributed by atoms with Crippen molar-refractivity contribution in [1.29, 1.82) is 0 Å². The highest BCUT2D eigenvalue weighted by Crippen LogP contribution is 2.43. The number of rotatable bonds is 6. The molecule has 0 heterocycles. The molecule has 25 heavy (non-hydrogen) atoms. The monoisotopic (exact) mass is 368 g/mol. The first-order valence-corrected chi connectivity index (χ1v) is 9.50. The van der Waals surface area contributed by atoms with Crippen molar-refractivity contribution in [3.05, 3.63) is 106 Å². The minimum Gasteiger partial charge on any atom is -0.0843 e. The van der Waals surface area contributed by atoms with E-state index in [1.165, 1.54) is 16.7 Å². The molecular weight excluding hydrogens is 347 g/mol. The van der Waals surface area contributed by atoms with Gasteiger partial charge in [-0.1, -0.05) is 97.6 Å². The van der Waals surface area contributed by atoms with Crippen LogP contribution in [0.3, 0.4) is 0 Å². The van der Waals surface area contributed by atoms with Crippen LogP contribution in [-0.4, -0.2) is 0 Å². The van der Waals surface area contributed by atoms with Gasteiger partial charge in [0, 0.05) is 15.5 Å². The third-order valence-electron chi connectivity index (χ3n) is 4.85. The van der Waals surface area contributed by atoms with E-state index in [-0.39, 0.29) is 5.41 Å². The van der Waals surface area contributed by atoms with Crippen LogP contribution in [0, 0.1) is 0 Å². The average Bonchev–Trinajstić information content (AvgIpc) is 2.65. The Kier molecular flexibility index (Phi) is 5.83. The van der Waals surface area contributed by atoms with Crippen LogP contribution in [0.15, 0.2) is 78.9 Å². The number of unbranched alkanes of at least 4 members (excludes halogenated alkanes) is 1. The number of hydrogen-bond acceptors (Lipinski definition) is 0. The summed E-state index contributed by atoms with van der Waals surface area (Å²) >= 11 is 12.3. The van der Waals surface area contributed by atoms with Gasteiger partial charge >= 0.3 is 0 Å². The van der Waals surface area contributed by atoms with Crippen LogP contribution >= 0.6 is 23.2 Å². The van der Waals surface area contributed by atoms with E-state index >= 15 is 0 Å². The molecule has 3 aromatic rings. The predicted octanol–water partition coefficient (Wildman–Crippen LogP) is 7.52. The van der Waals surface area contributed by atoms with Crippen molar-refractivity contribution in [2.24, 2.45) is 0 Å². The van der Waals surface area contributed by atoms with Gasteiger partial charge in [-0.25, -0.2) is 0 Å². The molecule has 0 atom stereocenters. The van der Waals surface area contributed by atoms with E-state index in [4.69, 9.17) is 23.2 Å². The molecular formula is C23H22Cl2. The van der Waals surface area contributed by atoms with E-state index in [0.29, 0.717) is 0 Å². The van der Waals surface area contributed by atoms with Crippen LogP contribution in [0.4, 0.5) is 0 Å². The first kappa shape index (κ1) is 18.0. The highest BCUT2D eigenvalue weighted by Gasteiger charge is 2.35. The van der Waals surface area contributed by atoms with Gasteiger partial charge in [-0.2, -0.15) is 0 Å². The third-order valence-corrected chi connectivity index (χ3v) is 5.35. The summed E-state index contributed by atoms with van der Waals surface area (Å²) < 4.78 is 0. The Balaban J connectivity index is 2.26. The van der Waals surface area contributed by atoms with Crippen molar-refractivity contribution < 1.29 is 0 Å². The molecule has 0 fully saturated rings. The molecule has 0 nitrogen and oxygen atoms in total. The summed E-state index contributed by atoms with van der Waals surface area (Å²) in [6, 6.07) is 27.3. The molecule has 0 aliphatic heterocycles. The Morgan fingerprint density at radius 3 is 1.52 bits per heavy atom. The summed E-state index contributed by atoms with van der Waals surface area (Å²) in [5.74, 6) is 0. The van der Waals surface area contributed by atoms with E-state index < -0.39 is 0 Å². The average molecular weight is 369 g/mol. The zero-order valence-corrected chi connectivity index (χ0v) is 15.9. The maximum absolute atomic E-state index is 6.16. The normalized spacial score (nSPS) is 11.5. The minimum absolute atomic E-state index is 0.202. The van der Waals surface area contributed by atoms with Gasteiger partial charge in [0.1, 0.15) is 0 Å². The second kappa shape index (κ2) is 8.08. The highest BCUT2D eigenvalue weighted by atomic mass is 35.5. The van der Waals surface area contributed by atoms with Gasteiger partial charge in [-0.15, -0.1) is 0 Å². The summed E-state index contributed by atoms with van der Waals surface area (Å²) in [7, 11) is 0. The lowest BCUT2D eigenvalue weighted by Crippen LogP contribution is -2.29. The number of halogens is 2. The topological polar surface area (TPSA) is 0 Å². The second-order valence-electron chi connectivity index (χ2n) is 6.39. The van der Waals surface area contributed by atoms with E-state index in [0.717, 1.165) is 29.3 Å². The third kappa shape index (κ3) is 3.76. The van der Waals surface area contributed by atoms with Crippen LogP contribution in [0.5, 0.6) is 0 Å². The molecule has 0 aromatic heterocycles. The van der Waals surface area contributed by atoms with Crippen molar-refractivity contribution in [3.63, 3.8) is 0 Å². The summed E-state index contributed by atoms with van der Waals surface area (Å²) in [6.07, 6.45) is 3.33. The molecule has 3 rings (SSSR count). The quantitative estimate of drug-likeness (QED) is 0.394. The first-order valence-electron chi connectivity index (χ1n) is 8.74. The van der Waals surface area contributed by atoms with Crippen LogP contribution in [0.25, 0.3) is 0 Å². The molecule has 0 N–H and O–H groups in total. The Morgan fingerprint density at radius 1 is 0.640 bits per heavy atom. The molecule has 0 bridgehead atoms. The van der Waals surface area contributed by atoms with Crippen molar-refractivity contribution >= 4 is 23.2 Å². The van der Waals surface area contributed by atoms with Gasteiger partial charge in [-0.3, -0.25) is 0 Å². The van der Waals surface area contributed by atoms with Gasteiger partial charge in [0.15, 0.2) is 0 Å². The number of hydrogen-bond donors (Lipinski definition) is 0. The summed E-state index contributed by atoms with van der Waals surface area (Å²) in [5.41, 5.74) is 3.62. The molecule has 0 saturated heterocycles. The Bertz CT molecular complexity index is 744. The largest absolute Gasteiger partial charge is 0.0843 e. The van der Waals surface area contributed by atoms with Crippen molar-refractivity contribution in [1.82, 2.24) is 0 Å². The highest BCUT2D eigenvalue weighted by molar-refractivity contribution is 6.30. The van der Waals surface area contributed by atoms with Gasteiger partial charge in [0.2, 0.25) is 0 Å². The molecule has 0 aliphatic rings. The van der Waals surface area contributed by atoms with Crippen LogP contribution < -0.4 is 0 Å². The SMILES string of the molecule is CCCCC(c1ccccc1)(c1ccc(Cl)cc1)c1ccc(Cl)cc1. The molecule has 0 radical (unpaired) electrons. The van der Waals surface area contributed by atoms with Gasteiger partial charge in [0.05, 0.1) is 0 Å². The fraction of sp³-hybridized carbons (Fsp3) is 0.217. The van der Waals surface area contributed by atoms with Crippen molar-refractivity contribution in [3.8, 4) is 0 Å². The standard InChI is InChI=1S/C23H22Cl2/c1-2-3-17-23(18-7-5-4-6-8-18,19-9-13-21(24)14-10-19)20-11-15-22(25)16-12-20/h4-16H,2-3,17H2,1H3. The minimum atomic E-state index is -0.202. The maximum Gasteiger partial charge on any atom is 0.0451 e. The van der Waals surface area contributed by atoms with Gasteiger partial charge < -0.3 is 0 Å². The van der Waals surface area contributed by atoms with E-state index in [9.17, 15) is 0 Å². The molecule has 128 valence electrons. The van der Waals surface area contributed by atoms with E-state index in [2.05, 4.69) is 61.5 Å². The van der Waals surface area contributed by atoms with Gasteiger partial charge in [-0.05, 0) is 47.4 Å². The van der Waals surface area contributed by atoms with E-state index in [1.54, 1.807) is 0 Å². The fourth-order valence-electron chi connectivity index (χ4n) is 3.57. The maximum atomic E-state index is 6.16. The lowest BCUT2D eigenvalue weighted by atomic mass is 9.66. The molecule has 0 unspecified atom stereocenters. The zero-order valence-electron chi connectivity index (χ0n) is 14.4. The Morgan fingerprint density at radius 2 is 1.08 bits per heavy atom. The Labute approximate surface area is 160 Å². The van der Waals surface area contributed by atoms with E-state index in [1.807, 2.05) is 24.3 Å². The summed E-state index contributed by atoms with van der Waals surface area (Å²) in [5, 5.41) is 1.52. The predicted molar refractivity (Wildman–Crippen MR) is 109 cm³/mol. The first-order chi connectivity index (χ1) is 12.2. The smallest absolute Gasteiger partial charge is 0.0451 e. The molecule has 0 aliphatic carbocycles. The molecule has 0 saturated carbocycles. The lowest BCUT2D eigenvalue weighted by molar-refractivity contribution is 0.527. The van der Waals surface area contributed by atoms with Crippen LogP contribution in [0.1, 0.15) is 42.9 Å². The molecule has 0 spiro atoms. The summed E-state index contributed by atoms with van der Waals surface area (Å²) in [6.45, 7) is 2.24. The molecule has 2 heteroatoms.